The predicted octanol–water partition coefficient (Wildman–Crippen LogP) is 12.7. The van der Waals surface area contributed by atoms with Crippen LogP contribution in [0.2, 0.25) is 0 Å². The molecule has 3 nitrogen and oxygen atoms in total. The molecule has 4 saturated carbocycles. The van der Waals surface area contributed by atoms with Gasteiger partial charge in [-0.25, -0.2) is 15.0 Å². The minimum atomic E-state index is 0.327. The van der Waals surface area contributed by atoms with E-state index in [1.54, 1.807) is 5.56 Å². The average Bonchev–Trinajstić information content (AvgIpc) is 3.71. The van der Waals surface area contributed by atoms with E-state index in [0.717, 1.165) is 40.3 Å². The van der Waals surface area contributed by atoms with Gasteiger partial charge in [-0.3, -0.25) is 0 Å². The van der Waals surface area contributed by atoms with Crippen molar-refractivity contribution < 1.29 is 0 Å². The number of rotatable bonds is 4. The molecular weight excluding hydrogens is 651 g/mol. The van der Waals surface area contributed by atoms with Crippen LogP contribution in [0.3, 0.4) is 0 Å². The van der Waals surface area contributed by atoms with Gasteiger partial charge < -0.3 is 0 Å². The van der Waals surface area contributed by atoms with Gasteiger partial charge >= 0.3 is 0 Å². The monoisotopic (exact) mass is 687 g/mol. The van der Waals surface area contributed by atoms with Crippen molar-refractivity contribution >= 4 is 42.3 Å². The first kappa shape index (κ1) is 29.4. The smallest absolute Gasteiger partial charge is 0.164 e. The fourth-order valence-electron chi connectivity index (χ4n) is 11.5. The Morgan fingerprint density at radius 1 is 0.462 bits per heavy atom. The fraction of sp³-hybridized carbons (Fsp3) is 0.229. The summed E-state index contributed by atoms with van der Waals surface area (Å²) >= 11 is 1.84. The van der Waals surface area contributed by atoms with Crippen LogP contribution in [0.1, 0.15) is 55.6 Å². The molecule has 0 radical (unpaired) electrons. The van der Waals surface area contributed by atoms with Crippen molar-refractivity contribution in [2.75, 3.05) is 0 Å². The Hall–Kier alpha value is -5.19. The van der Waals surface area contributed by atoms with Crippen molar-refractivity contribution in [1.29, 1.82) is 0 Å². The third kappa shape index (κ3) is 4.40. The standard InChI is InChI=1S/C48H37N3S/c1-2-8-31(9-3-1)45-49-46(51-47(50-45)35-15-17-43-39(23-35)37-12-6-7-13-42(37)52-43)34-14-16-36-38-21-32-10-4-5-11-33(32)22-41(38)44(40(36)24-34)48-25-28-18-29(26-48)20-30(19-28)27-48/h1-17,21-24,28-30,44H,18-20,25-27H2. The Morgan fingerprint density at radius 3 is 1.79 bits per heavy atom. The summed E-state index contributed by atoms with van der Waals surface area (Å²) in [6.45, 7) is 0. The third-order valence-electron chi connectivity index (χ3n) is 13.1. The van der Waals surface area contributed by atoms with Gasteiger partial charge in [0.1, 0.15) is 0 Å². The largest absolute Gasteiger partial charge is 0.208 e. The average molecular weight is 688 g/mol. The minimum Gasteiger partial charge on any atom is -0.208 e. The van der Waals surface area contributed by atoms with Crippen molar-refractivity contribution in [2.24, 2.45) is 23.2 Å². The Kier molecular flexibility index (Phi) is 6.17. The van der Waals surface area contributed by atoms with Crippen molar-refractivity contribution in [3.05, 3.63) is 139 Å². The maximum atomic E-state index is 5.29. The zero-order valence-electron chi connectivity index (χ0n) is 28.9. The molecule has 6 aromatic carbocycles. The first-order valence-corrected chi connectivity index (χ1v) is 19.9. The van der Waals surface area contributed by atoms with E-state index in [4.69, 9.17) is 15.0 Å². The number of fused-ring (bicyclic) bond motifs is 7. The molecule has 52 heavy (non-hydrogen) atoms. The quantitative estimate of drug-likeness (QED) is 0.185. The molecule has 8 aromatic rings. The van der Waals surface area contributed by atoms with Gasteiger partial charge in [0, 0.05) is 42.8 Å². The number of aromatic nitrogens is 3. The summed E-state index contributed by atoms with van der Waals surface area (Å²) in [5.74, 6) is 5.24. The molecular formula is C48H37N3S. The van der Waals surface area contributed by atoms with E-state index in [9.17, 15) is 0 Å². The van der Waals surface area contributed by atoms with Crippen molar-refractivity contribution in [3.8, 4) is 45.3 Å². The van der Waals surface area contributed by atoms with Crippen LogP contribution in [-0.4, -0.2) is 15.0 Å². The van der Waals surface area contributed by atoms with Crippen LogP contribution >= 0.6 is 11.3 Å². The first-order valence-electron chi connectivity index (χ1n) is 19.0. The van der Waals surface area contributed by atoms with E-state index in [1.165, 1.54) is 86.2 Å². The number of thiophene rings is 1. The van der Waals surface area contributed by atoms with Crippen LogP contribution < -0.4 is 0 Å². The molecule has 0 N–H and O–H groups in total. The van der Waals surface area contributed by atoms with Crippen LogP contribution in [0.4, 0.5) is 0 Å². The summed E-state index contributed by atoms with van der Waals surface area (Å²) in [6, 6.07) is 46.8. The van der Waals surface area contributed by atoms with Crippen LogP contribution in [-0.2, 0) is 0 Å². The molecule has 0 amide bonds. The van der Waals surface area contributed by atoms with E-state index in [1.807, 2.05) is 17.4 Å². The van der Waals surface area contributed by atoms with Crippen LogP contribution in [0.5, 0.6) is 0 Å². The SMILES string of the molecule is c1ccc(-c2nc(-c3ccc4c(c3)C(C35CC6CC(CC(C6)C3)C5)c3cc5ccccc5cc3-4)nc(-c3ccc4sc5ccccc5c4c3)n2)cc1. The number of hydrogen-bond donors (Lipinski definition) is 0. The van der Waals surface area contributed by atoms with Crippen molar-refractivity contribution in [2.45, 2.75) is 44.4 Å². The number of nitrogens with zero attached hydrogens (tertiary/aromatic N) is 3. The van der Waals surface area contributed by atoms with Gasteiger partial charge in [0.25, 0.3) is 0 Å². The van der Waals surface area contributed by atoms with E-state index in [0.29, 0.717) is 23.0 Å². The second-order valence-electron chi connectivity index (χ2n) is 16.3. The second-order valence-corrected chi connectivity index (χ2v) is 17.4. The van der Waals surface area contributed by atoms with Gasteiger partial charge in [0.05, 0.1) is 0 Å². The highest BCUT2D eigenvalue weighted by Gasteiger charge is 2.56. The molecule has 250 valence electrons. The molecule has 0 aliphatic heterocycles. The highest BCUT2D eigenvalue weighted by Crippen LogP contribution is 2.68. The lowest BCUT2D eigenvalue weighted by molar-refractivity contribution is -0.0612. The Morgan fingerprint density at radius 2 is 1.04 bits per heavy atom. The van der Waals surface area contributed by atoms with Crippen LogP contribution in [0, 0.1) is 23.2 Å². The van der Waals surface area contributed by atoms with Gasteiger partial charge in [-0.05, 0) is 137 Å². The summed E-state index contributed by atoms with van der Waals surface area (Å²) < 4.78 is 2.58. The molecule has 1 unspecified atom stereocenters. The van der Waals surface area contributed by atoms with Gasteiger partial charge in [-0.1, -0.05) is 84.9 Å². The van der Waals surface area contributed by atoms with E-state index < -0.39 is 0 Å². The summed E-state index contributed by atoms with van der Waals surface area (Å²) in [5.41, 5.74) is 9.28. The Labute approximate surface area is 307 Å². The third-order valence-corrected chi connectivity index (χ3v) is 14.3. The number of benzene rings is 6. The predicted molar refractivity (Wildman–Crippen MR) is 214 cm³/mol. The normalized spacial score (nSPS) is 24.2. The highest BCUT2D eigenvalue weighted by molar-refractivity contribution is 7.25. The molecule has 4 bridgehead atoms. The molecule has 2 aromatic heterocycles. The van der Waals surface area contributed by atoms with Crippen LogP contribution in [0.25, 0.3) is 76.2 Å². The Balaban J connectivity index is 1.05. The lowest BCUT2D eigenvalue weighted by atomic mass is 9.45. The Bertz CT molecular complexity index is 2710. The molecule has 13 rings (SSSR count). The lowest BCUT2D eigenvalue weighted by Gasteiger charge is -2.59. The highest BCUT2D eigenvalue weighted by atomic mass is 32.1. The fourth-order valence-corrected chi connectivity index (χ4v) is 12.6. The zero-order chi connectivity index (χ0) is 34.0. The van der Waals surface area contributed by atoms with Gasteiger partial charge in [0.15, 0.2) is 17.5 Å². The lowest BCUT2D eigenvalue weighted by Crippen LogP contribution is -2.48. The molecule has 4 heteroatoms. The van der Waals surface area contributed by atoms with Gasteiger partial charge in [-0.15, -0.1) is 11.3 Å². The van der Waals surface area contributed by atoms with E-state index in [-0.39, 0.29) is 0 Å². The molecule has 4 fully saturated rings. The topological polar surface area (TPSA) is 38.7 Å². The molecule has 5 aliphatic rings. The summed E-state index contributed by atoms with van der Waals surface area (Å²) in [4.78, 5) is 15.6. The molecule has 2 heterocycles. The zero-order valence-corrected chi connectivity index (χ0v) is 29.7. The maximum Gasteiger partial charge on any atom is 0.164 e. The van der Waals surface area contributed by atoms with Crippen molar-refractivity contribution in [3.63, 3.8) is 0 Å². The maximum absolute atomic E-state index is 5.29. The van der Waals surface area contributed by atoms with Gasteiger partial charge in [0.2, 0.25) is 0 Å². The second kappa shape index (κ2) is 10.9. The summed E-state index contributed by atoms with van der Waals surface area (Å²) in [7, 11) is 0. The summed E-state index contributed by atoms with van der Waals surface area (Å²) in [5, 5.41) is 5.22. The number of hydrogen-bond acceptors (Lipinski definition) is 4. The van der Waals surface area contributed by atoms with E-state index in [2.05, 4.69) is 121 Å². The molecule has 1 atom stereocenters. The summed E-state index contributed by atoms with van der Waals surface area (Å²) in [6.07, 6.45) is 8.46. The molecule has 0 saturated heterocycles. The molecule has 5 aliphatic carbocycles. The van der Waals surface area contributed by atoms with Gasteiger partial charge in [-0.2, -0.15) is 0 Å². The van der Waals surface area contributed by atoms with Crippen molar-refractivity contribution in [1.82, 2.24) is 15.0 Å². The minimum absolute atomic E-state index is 0.327. The molecule has 0 spiro atoms. The van der Waals surface area contributed by atoms with E-state index >= 15 is 0 Å². The van der Waals surface area contributed by atoms with Crippen LogP contribution in [0.15, 0.2) is 127 Å². The first-order chi connectivity index (χ1) is 25.6.